The number of hydrogen-bond donors (Lipinski definition) is 0. The van der Waals surface area contributed by atoms with E-state index < -0.39 is 0 Å². The van der Waals surface area contributed by atoms with E-state index in [0.717, 1.165) is 19.5 Å². The highest BCUT2D eigenvalue weighted by Crippen LogP contribution is 2.30. The molecule has 0 aliphatic carbocycles. The van der Waals surface area contributed by atoms with Crippen LogP contribution in [0.5, 0.6) is 17.2 Å². The molecule has 3 heterocycles. The molecule has 1 saturated heterocycles. The molecule has 0 atom stereocenters. The molecule has 0 amide bonds. The van der Waals surface area contributed by atoms with Crippen molar-refractivity contribution in [2.24, 2.45) is 0 Å². The monoisotopic (exact) mass is 401 g/mol. The van der Waals surface area contributed by atoms with Crippen molar-refractivity contribution >= 4 is 5.78 Å². The van der Waals surface area contributed by atoms with Crippen molar-refractivity contribution in [2.75, 3.05) is 46.1 Å². The topological polar surface area (TPSA) is 87.4 Å². The average molecular weight is 401 g/mol. The second-order valence-corrected chi connectivity index (χ2v) is 6.89. The fraction of sp³-hybridized carbons (Fsp3) is 0.429. The highest BCUT2D eigenvalue weighted by atomic mass is 16.5. The van der Waals surface area contributed by atoms with E-state index in [1.54, 1.807) is 18.2 Å². The molecule has 0 N–H and O–H groups in total. The van der Waals surface area contributed by atoms with Gasteiger partial charge in [-0.05, 0) is 18.2 Å². The predicted molar refractivity (Wildman–Crippen MR) is 103 cm³/mol. The van der Waals surface area contributed by atoms with Crippen LogP contribution in [-0.2, 0) is 11.3 Å². The summed E-state index contributed by atoms with van der Waals surface area (Å²) in [7, 11) is 0. The van der Waals surface area contributed by atoms with Gasteiger partial charge in [-0.15, -0.1) is 0 Å². The number of carbonyl (C=O) groups is 1. The van der Waals surface area contributed by atoms with Gasteiger partial charge in [-0.3, -0.25) is 14.5 Å². The van der Waals surface area contributed by atoms with Gasteiger partial charge in [0.2, 0.25) is 11.2 Å². The van der Waals surface area contributed by atoms with E-state index in [9.17, 15) is 9.59 Å². The van der Waals surface area contributed by atoms with Crippen LogP contribution in [0.2, 0.25) is 0 Å². The third-order valence-electron chi connectivity index (χ3n) is 4.76. The van der Waals surface area contributed by atoms with Gasteiger partial charge in [0.25, 0.3) is 0 Å². The Balaban J connectivity index is 1.36. The van der Waals surface area contributed by atoms with Gasteiger partial charge in [0.05, 0.1) is 33.0 Å². The molecule has 2 aliphatic heterocycles. The number of morpholine rings is 1. The number of ether oxygens (including phenoxy) is 4. The fourth-order valence-electron chi connectivity index (χ4n) is 3.17. The molecule has 0 unspecified atom stereocenters. The molecule has 29 heavy (non-hydrogen) atoms. The normalized spacial score (nSPS) is 16.8. The van der Waals surface area contributed by atoms with Crippen molar-refractivity contribution in [2.45, 2.75) is 13.0 Å². The molecule has 1 aromatic heterocycles. The number of nitrogens with zero attached hydrogens (tertiary/aromatic N) is 1. The minimum absolute atomic E-state index is 0.0124. The van der Waals surface area contributed by atoms with E-state index in [0.29, 0.717) is 55.8 Å². The maximum absolute atomic E-state index is 12.5. The maximum atomic E-state index is 12.5. The lowest BCUT2D eigenvalue weighted by molar-refractivity contribution is 0.0310. The number of hydrogen-bond acceptors (Lipinski definition) is 8. The summed E-state index contributed by atoms with van der Waals surface area (Å²) in [6.45, 7) is 4.33. The summed E-state index contributed by atoms with van der Waals surface area (Å²) in [6.07, 6.45) is 2.05. The minimum Gasteiger partial charge on any atom is -0.490 e. The van der Waals surface area contributed by atoms with E-state index in [-0.39, 0.29) is 23.6 Å². The van der Waals surface area contributed by atoms with Crippen molar-refractivity contribution in [3.05, 3.63) is 52.1 Å². The van der Waals surface area contributed by atoms with Crippen molar-refractivity contribution in [3.8, 4) is 17.2 Å². The zero-order valence-corrected chi connectivity index (χ0v) is 16.1. The fourth-order valence-corrected chi connectivity index (χ4v) is 3.17. The number of rotatable bonds is 6. The molecule has 1 fully saturated rings. The van der Waals surface area contributed by atoms with Crippen LogP contribution in [0.1, 0.15) is 22.5 Å². The molecule has 4 rings (SSSR count). The van der Waals surface area contributed by atoms with Gasteiger partial charge in [0, 0.05) is 31.1 Å². The van der Waals surface area contributed by atoms with E-state index in [4.69, 9.17) is 23.4 Å². The van der Waals surface area contributed by atoms with Crippen molar-refractivity contribution in [1.82, 2.24) is 4.90 Å². The molecule has 8 heteroatoms. The van der Waals surface area contributed by atoms with Gasteiger partial charge in [0.1, 0.15) is 12.0 Å². The van der Waals surface area contributed by atoms with Gasteiger partial charge in [-0.25, -0.2) is 0 Å². The summed E-state index contributed by atoms with van der Waals surface area (Å²) < 4.78 is 27.4. The Labute approximate surface area is 167 Å². The second kappa shape index (κ2) is 9.11. The van der Waals surface area contributed by atoms with Gasteiger partial charge in [-0.1, -0.05) is 0 Å². The van der Waals surface area contributed by atoms with Crippen LogP contribution in [0.15, 0.2) is 39.7 Å². The molecule has 8 nitrogen and oxygen atoms in total. The molecule has 154 valence electrons. The number of benzene rings is 1. The Morgan fingerprint density at radius 3 is 2.62 bits per heavy atom. The zero-order valence-electron chi connectivity index (χ0n) is 16.1. The SMILES string of the molecule is O=C(COc1coc(CN2CCOCC2)cc1=O)c1ccc2c(c1)OCCCO2. The van der Waals surface area contributed by atoms with Crippen molar-refractivity contribution in [1.29, 1.82) is 0 Å². The Bertz CT molecular complexity index is 917. The lowest BCUT2D eigenvalue weighted by atomic mass is 10.1. The average Bonchev–Trinajstić information content (AvgIpc) is 2.98. The Kier molecular flexibility index (Phi) is 6.12. The Hall–Kier alpha value is -2.84. The summed E-state index contributed by atoms with van der Waals surface area (Å²) in [5.74, 6) is 1.46. The highest BCUT2D eigenvalue weighted by molar-refractivity contribution is 5.97. The molecule has 0 saturated carbocycles. The minimum atomic E-state index is -0.314. The van der Waals surface area contributed by atoms with E-state index in [1.807, 2.05) is 0 Å². The summed E-state index contributed by atoms with van der Waals surface area (Å²) in [5, 5.41) is 0. The lowest BCUT2D eigenvalue weighted by Crippen LogP contribution is -2.35. The van der Waals surface area contributed by atoms with Crippen molar-refractivity contribution < 1.29 is 28.2 Å². The largest absolute Gasteiger partial charge is 0.490 e. The quantitative estimate of drug-likeness (QED) is 0.679. The highest BCUT2D eigenvalue weighted by Gasteiger charge is 2.16. The van der Waals surface area contributed by atoms with Crippen LogP contribution in [0.4, 0.5) is 0 Å². The van der Waals surface area contributed by atoms with Gasteiger partial charge < -0.3 is 23.4 Å². The van der Waals surface area contributed by atoms with Crippen LogP contribution in [0, 0.1) is 0 Å². The molecular formula is C21H23NO7. The Morgan fingerprint density at radius 1 is 1.03 bits per heavy atom. The van der Waals surface area contributed by atoms with E-state index in [1.165, 1.54) is 12.3 Å². The van der Waals surface area contributed by atoms with Crippen LogP contribution >= 0.6 is 0 Å². The summed E-state index contributed by atoms with van der Waals surface area (Å²) in [4.78, 5) is 26.9. The van der Waals surface area contributed by atoms with E-state index >= 15 is 0 Å². The van der Waals surface area contributed by atoms with Crippen LogP contribution < -0.4 is 19.6 Å². The summed E-state index contributed by atoms with van der Waals surface area (Å²) in [6, 6.07) is 6.42. The first-order valence-corrected chi connectivity index (χ1v) is 9.66. The third kappa shape index (κ3) is 4.96. The van der Waals surface area contributed by atoms with Crippen LogP contribution in [0.25, 0.3) is 0 Å². The lowest BCUT2D eigenvalue weighted by Gasteiger charge is -2.25. The predicted octanol–water partition coefficient (Wildman–Crippen LogP) is 1.89. The number of ketones is 1. The molecule has 2 aliphatic rings. The number of Topliss-reactive ketones (excluding diaryl/α,β-unsaturated/α-hetero) is 1. The molecule has 0 bridgehead atoms. The molecule has 1 aromatic carbocycles. The molecule has 2 aromatic rings. The first-order chi connectivity index (χ1) is 14.2. The first kappa shape index (κ1) is 19.5. The van der Waals surface area contributed by atoms with Gasteiger partial charge in [-0.2, -0.15) is 0 Å². The molecule has 0 spiro atoms. The van der Waals surface area contributed by atoms with Crippen LogP contribution in [-0.4, -0.2) is 56.8 Å². The second-order valence-electron chi connectivity index (χ2n) is 6.89. The zero-order chi connectivity index (χ0) is 20.1. The first-order valence-electron chi connectivity index (χ1n) is 9.66. The summed E-state index contributed by atoms with van der Waals surface area (Å²) in [5.41, 5.74) is 0.119. The number of fused-ring (bicyclic) bond motifs is 1. The molecule has 0 radical (unpaired) electrons. The standard InChI is InChI=1S/C21H23NO7/c23-17-11-16(12-22-4-8-25-9-5-22)28-14-21(17)29-13-18(24)15-2-3-19-20(10-15)27-7-1-6-26-19/h2-3,10-11,14H,1,4-9,12-13H2. The smallest absolute Gasteiger partial charge is 0.227 e. The van der Waals surface area contributed by atoms with Crippen LogP contribution in [0.3, 0.4) is 0 Å². The molecular weight excluding hydrogens is 378 g/mol. The third-order valence-corrected chi connectivity index (χ3v) is 4.76. The number of carbonyl (C=O) groups excluding carboxylic acids is 1. The van der Waals surface area contributed by atoms with E-state index in [2.05, 4.69) is 4.90 Å². The van der Waals surface area contributed by atoms with Gasteiger partial charge in [0.15, 0.2) is 23.9 Å². The maximum Gasteiger partial charge on any atom is 0.227 e. The van der Waals surface area contributed by atoms with Gasteiger partial charge >= 0.3 is 0 Å². The Morgan fingerprint density at radius 2 is 1.83 bits per heavy atom. The summed E-state index contributed by atoms with van der Waals surface area (Å²) >= 11 is 0. The van der Waals surface area contributed by atoms with Crippen molar-refractivity contribution in [3.63, 3.8) is 0 Å².